The van der Waals surface area contributed by atoms with Gasteiger partial charge in [0.25, 0.3) is 0 Å². The minimum Gasteiger partial charge on any atom is -0.341 e. The zero-order valence-corrected chi connectivity index (χ0v) is 15.7. The van der Waals surface area contributed by atoms with E-state index in [-0.39, 0.29) is 29.2 Å². The topological polar surface area (TPSA) is 47.3 Å². The molecule has 1 amide bonds. The standard InChI is InChI=1S/C20H16F3N3OS/c1-13(14-5-3-2-4-6-14)25-10-9-18(27)26(19(25)28)16-8-7-15(12-24)17(11-16)20(21,22)23/h2-8,11,13H,9-10H2,1H3. The van der Waals surface area contributed by atoms with Crippen molar-refractivity contribution in [3.05, 3.63) is 65.2 Å². The molecule has 144 valence electrons. The molecule has 3 rings (SSSR count). The first-order valence-corrected chi connectivity index (χ1v) is 8.94. The van der Waals surface area contributed by atoms with Crippen molar-refractivity contribution in [2.24, 2.45) is 0 Å². The van der Waals surface area contributed by atoms with E-state index in [1.165, 1.54) is 12.1 Å². The normalized spacial score (nSPS) is 16.1. The first kappa shape index (κ1) is 19.8. The number of hydrogen-bond donors (Lipinski definition) is 0. The van der Waals surface area contributed by atoms with Gasteiger partial charge in [0.05, 0.1) is 28.9 Å². The number of amides is 1. The molecule has 8 heteroatoms. The molecule has 0 aliphatic carbocycles. The van der Waals surface area contributed by atoms with E-state index in [2.05, 4.69) is 0 Å². The highest BCUT2D eigenvalue weighted by atomic mass is 32.1. The summed E-state index contributed by atoms with van der Waals surface area (Å²) in [5, 5.41) is 9.11. The fourth-order valence-corrected chi connectivity index (χ4v) is 3.64. The number of anilines is 1. The number of carbonyl (C=O) groups excluding carboxylic acids is 1. The van der Waals surface area contributed by atoms with E-state index < -0.39 is 17.3 Å². The molecule has 0 aromatic heterocycles. The summed E-state index contributed by atoms with van der Waals surface area (Å²) in [6.45, 7) is 2.31. The maximum Gasteiger partial charge on any atom is 0.417 e. The lowest BCUT2D eigenvalue weighted by atomic mass is 10.0. The van der Waals surface area contributed by atoms with Crippen molar-refractivity contribution < 1.29 is 18.0 Å². The van der Waals surface area contributed by atoms with Crippen LogP contribution in [0.5, 0.6) is 0 Å². The van der Waals surface area contributed by atoms with Crippen molar-refractivity contribution in [2.45, 2.75) is 25.6 Å². The van der Waals surface area contributed by atoms with E-state index in [9.17, 15) is 18.0 Å². The van der Waals surface area contributed by atoms with Gasteiger partial charge in [0, 0.05) is 13.0 Å². The van der Waals surface area contributed by atoms with Crippen LogP contribution in [-0.4, -0.2) is 22.5 Å². The quantitative estimate of drug-likeness (QED) is 0.700. The van der Waals surface area contributed by atoms with Crippen LogP contribution in [-0.2, 0) is 11.0 Å². The average molecular weight is 403 g/mol. The second kappa shape index (κ2) is 7.60. The monoisotopic (exact) mass is 403 g/mol. The minimum atomic E-state index is -4.71. The Kier molecular flexibility index (Phi) is 5.38. The van der Waals surface area contributed by atoms with Crippen molar-refractivity contribution >= 4 is 28.9 Å². The van der Waals surface area contributed by atoms with Crippen LogP contribution in [0.3, 0.4) is 0 Å². The van der Waals surface area contributed by atoms with Gasteiger partial charge in [-0.15, -0.1) is 0 Å². The summed E-state index contributed by atoms with van der Waals surface area (Å²) < 4.78 is 39.9. The maximum atomic E-state index is 13.3. The zero-order chi connectivity index (χ0) is 20.5. The maximum absolute atomic E-state index is 13.3. The Morgan fingerprint density at radius 1 is 1.18 bits per heavy atom. The van der Waals surface area contributed by atoms with E-state index >= 15 is 0 Å². The van der Waals surface area contributed by atoms with Crippen LogP contribution < -0.4 is 4.90 Å². The van der Waals surface area contributed by atoms with Gasteiger partial charge in [-0.1, -0.05) is 30.3 Å². The Balaban J connectivity index is 1.98. The first-order valence-electron chi connectivity index (χ1n) is 8.54. The molecule has 1 aliphatic heterocycles. The fraction of sp³-hybridized carbons (Fsp3) is 0.250. The Morgan fingerprint density at radius 2 is 1.86 bits per heavy atom. The number of nitrogens with zero attached hydrogens (tertiary/aromatic N) is 3. The third-order valence-electron chi connectivity index (χ3n) is 4.69. The lowest BCUT2D eigenvalue weighted by Crippen LogP contribution is -2.53. The number of halogens is 3. The molecule has 0 spiro atoms. The first-order chi connectivity index (χ1) is 13.2. The SMILES string of the molecule is CC(c1ccccc1)N1CCC(=O)N(c2ccc(C#N)c(C(F)(F)F)c2)C1=S. The average Bonchev–Trinajstić information content (AvgIpc) is 2.67. The van der Waals surface area contributed by atoms with Crippen molar-refractivity contribution in [1.29, 1.82) is 5.26 Å². The molecule has 0 bridgehead atoms. The lowest BCUT2D eigenvalue weighted by molar-refractivity contribution is -0.137. The van der Waals surface area contributed by atoms with Gasteiger partial charge in [0.2, 0.25) is 5.91 Å². The molecule has 2 aromatic rings. The second-order valence-electron chi connectivity index (χ2n) is 6.38. The summed E-state index contributed by atoms with van der Waals surface area (Å²) in [4.78, 5) is 15.4. The number of rotatable bonds is 3. The van der Waals surface area contributed by atoms with E-state index in [4.69, 9.17) is 17.5 Å². The predicted octanol–water partition coefficient (Wildman–Crippen LogP) is 4.66. The molecule has 1 saturated heterocycles. The Bertz CT molecular complexity index is 953. The number of thiocarbonyl (C=S) groups is 1. The highest BCUT2D eigenvalue weighted by Crippen LogP contribution is 2.36. The van der Waals surface area contributed by atoms with Crippen LogP contribution >= 0.6 is 12.2 Å². The molecule has 1 aliphatic rings. The van der Waals surface area contributed by atoms with Crippen molar-refractivity contribution in [3.8, 4) is 6.07 Å². The van der Waals surface area contributed by atoms with Crippen LogP contribution in [0.15, 0.2) is 48.5 Å². The summed E-state index contributed by atoms with van der Waals surface area (Å²) in [7, 11) is 0. The van der Waals surface area contributed by atoms with Gasteiger partial charge in [0.1, 0.15) is 0 Å². The number of hydrogen-bond acceptors (Lipinski definition) is 3. The Morgan fingerprint density at radius 3 is 2.46 bits per heavy atom. The number of benzene rings is 2. The van der Waals surface area contributed by atoms with Crippen molar-refractivity contribution in [1.82, 2.24) is 4.90 Å². The second-order valence-corrected chi connectivity index (χ2v) is 6.75. The van der Waals surface area contributed by atoms with E-state index in [1.54, 1.807) is 0 Å². The molecule has 1 fully saturated rings. The van der Waals surface area contributed by atoms with Crippen LogP contribution in [0.4, 0.5) is 18.9 Å². The summed E-state index contributed by atoms with van der Waals surface area (Å²) >= 11 is 5.47. The largest absolute Gasteiger partial charge is 0.417 e. The van der Waals surface area contributed by atoms with Crippen LogP contribution in [0.25, 0.3) is 0 Å². The third-order valence-corrected chi connectivity index (χ3v) is 5.11. The summed E-state index contributed by atoms with van der Waals surface area (Å²) in [6, 6.07) is 14.1. The van der Waals surface area contributed by atoms with Gasteiger partial charge >= 0.3 is 6.18 Å². The van der Waals surface area contributed by atoms with Crippen LogP contribution in [0.2, 0.25) is 0 Å². The molecule has 28 heavy (non-hydrogen) atoms. The van der Waals surface area contributed by atoms with Gasteiger partial charge < -0.3 is 4.90 Å². The zero-order valence-electron chi connectivity index (χ0n) is 14.9. The molecule has 0 radical (unpaired) electrons. The molecule has 4 nitrogen and oxygen atoms in total. The summed E-state index contributed by atoms with van der Waals surface area (Å²) in [5.41, 5.74) is -0.598. The van der Waals surface area contributed by atoms with Crippen LogP contribution in [0.1, 0.15) is 36.1 Å². The van der Waals surface area contributed by atoms with Gasteiger partial charge in [-0.3, -0.25) is 9.69 Å². The lowest BCUT2D eigenvalue weighted by Gasteiger charge is -2.40. The molecular formula is C20H16F3N3OS. The smallest absolute Gasteiger partial charge is 0.341 e. The predicted molar refractivity (Wildman–Crippen MR) is 102 cm³/mol. The molecule has 0 saturated carbocycles. The number of alkyl halides is 3. The number of nitriles is 1. The van der Waals surface area contributed by atoms with Gasteiger partial charge in [0.15, 0.2) is 5.11 Å². The van der Waals surface area contributed by atoms with Crippen LogP contribution in [0, 0.1) is 11.3 Å². The molecule has 1 unspecified atom stereocenters. The van der Waals surface area contributed by atoms with Gasteiger partial charge in [-0.25, -0.2) is 0 Å². The third kappa shape index (κ3) is 3.71. The van der Waals surface area contributed by atoms with E-state index in [0.29, 0.717) is 6.54 Å². The molecule has 1 heterocycles. The highest BCUT2D eigenvalue weighted by molar-refractivity contribution is 7.80. The summed E-state index contributed by atoms with van der Waals surface area (Å²) in [5.74, 6) is -0.376. The molecule has 1 atom stereocenters. The molecule has 0 N–H and O–H groups in total. The van der Waals surface area contributed by atoms with Gasteiger partial charge in [-0.05, 0) is 42.9 Å². The summed E-state index contributed by atoms with van der Waals surface area (Å²) in [6.07, 6.45) is -4.59. The van der Waals surface area contributed by atoms with E-state index in [1.807, 2.05) is 42.2 Å². The van der Waals surface area contributed by atoms with E-state index in [0.717, 1.165) is 22.6 Å². The molecule has 2 aromatic carbocycles. The van der Waals surface area contributed by atoms with Crippen molar-refractivity contribution in [2.75, 3.05) is 11.4 Å². The van der Waals surface area contributed by atoms with Crippen molar-refractivity contribution in [3.63, 3.8) is 0 Å². The molecular weight excluding hydrogens is 387 g/mol. The number of carbonyl (C=O) groups is 1. The minimum absolute atomic E-state index is 0.00582. The Labute approximate surface area is 165 Å². The fourth-order valence-electron chi connectivity index (χ4n) is 3.19. The highest BCUT2D eigenvalue weighted by Gasteiger charge is 2.37. The van der Waals surface area contributed by atoms with Gasteiger partial charge in [-0.2, -0.15) is 18.4 Å². The Hall–Kier alpha value is -2.92.